The molecular weight excluding hydrogens is 356 g/mol. The van der Waals surface area contributed by atoms with Crippen LogP contribution in [-0.2, 0) is 23.9 Å². The van der Waals surface area contributed by atoms with Crippen LogP contribution in [0, 0.1) is 28.6 Å². The second-order valence-corrected chi connectivity index (χ2v) is 10.7. The molecule has 1 heterocycles. The number of ether oxygens (including phenoxy) is 2. The Morgan fingerprint density at radius 3 is 2.32 bits per heavy atom. The number of carbonyl (C=O) groups is 3. The lowest BCUT2D eigenvalue weighted by molar-refractivity contribution is -0.191. The maximum Gasteiger partial charge on any atom is 0.303 e. The third-order valence-electron chi connectivity index (χ3n) is 9.96. The molecule has 28 heavy (non-hydrogen) atoms. The van der Waals surface area contributed by atoms with E-state index in [9.17, 15) is 14.4 Å². The Hall–Kier alpha value is -1.23. The predicted octanol–water partition coefficient (Wildman–Crippen LogP) is 3.62. The van der Waals surface area contributed by atoms with E-state index in [-0.39, 0.29) is 34.3 Å². The van der Waals surface area contributed by atoms with E-state index in [1.54, 1.807) is 6.92 Å². The fraction of sp³-hybridized carbons (Fsp3) is 0.870. The lowest BCUT2D eigenvalue weighted by atomic mass is 9.44. The largest absolute Gasteiger partial charge is 0.451 e. The Morgan fingerprint density at radius 1 is 0.964 bits per heavy atom. The molecule has 4 aliphatic carbocycles. The second-order valence-electron chi connectivity index (χ2n) is 10.7. The zero-order valence-electron chi connectivity index (χ0n) is 17.5. The molecule has 4 saturated carbocycles. The number of Topliss-reactive ketones (excluding diaryl/α,β-unsaturated/α-hetero) is 2. The van der Waals surface area contributed by atoms with E-state index in [4.69, 9.17) is 9.47 Å². The first-order valence-electron chi connectivity index (χ1n) is 11.0. The maximum absolute atomic E-state index is 12.8. The van der Waals surface area contributed by atoms with Crippen molar-refractivity contribution >= 4 is 17.5 Å². The van der Waals surface area contributed by atoms with Crippen LogP contribution in [0.5, 0.6) is 0 Å². The van der Waals surface area contributed by atoms with Crippen molar-refractivity contribution in [2.75, 3.05) is 0 Å². The highest BCUT2D eigenvalue weighted by Gasteiger charge is 2.77. The molecule has 5 fully saturated rings. The van der Waals surface area contributed by atoms with E-state index >= 15 is 0 Å². The summed E-state index contributed by atoms with van der Waals surface area (Å²) in [6, 6.07) is 0. The number of hydrogen-bond donors (Lipinski definition) is 0. The molecule has 0 amide bonds. The predicted molar refractivity (Wildman–Crippen MR) is 101 cm³/mol. The number of ketones is 2. The molecule has 0 radical (unpaired) electrons. The van der Waals surface area contributed by atoms with Gasteiger partial charge >= 0.3 is 5.97 Å². The number of hydrogen-bond acceptors (Lipinski definition) is 5. The van der Waals surface area contributed by atoms with Crippen LogP contribution in [0.1, 0.15) is 79.1 Å². The van der Waals surface area contributed by atoms with Gasteiger partial charge in [0, 0.05) is 24.2 Å². The zero-order chi connectivity index (χ0) is 20.1. The van der Waals surface area contributed by atoms with Gasteiger partial charge in [0.05, 0.1) is 0 Å². The fourth-order valence-electron chi connectivity index (χ4n) is 8.56. The summed E-state index contributed by atoms with van der Waals surface area (Å²) in [4.78, 5) is 37.0. The van der Waals surface area contributed by atoms with Crippen molar-refractivity contribution in [1.82, 2.24) is 0 Å². The fourth-order valence-corrected chi connectivity index (χ4v) is 8.56. The van der Waals surface area contributed by atoms with Crippen molar-refractivity contribution < 1.29 is 23.9 Å². The van der Waals surface area contributed by atoms with E-state index in [0.29, 0.717) is 36.4 Å². The van der Waals surface area contributed by atoms with Crippen molar-refractivity contribution in [3.05, 3.63) is 0 Å². The van der Waals surface area contributed by atoms with Gasteiger partial charge in [0.15, 0.2) is 17.2 Å². The van der Waals surface area contributed by atoms with Crippen LogP contribution < -0.4 is 0 Å². The van der Waals surface area contributed by atoms with Crippen LogP contribution in [0.15, 0.2) is 0 Å². The van der Waals surface area contributed by atoms with Crippen LogP contribution in [0.2, 0.25) is 0 Å². The van der Waals surface area contributed by atoms with E-state index < -0.39 is 5.60 Å². The SMILES string of the molecule is CC(=O)O[C@]1(C(C)=O)CC[C@H]2[C@@H]3CC[C@@]45O[C@@H]4C(=O)CC[C@]5(C)[C@H]3CC[C@@]21C. The maximum atomic E-state index is 12.8. The monoisotopic (exact) mass is 388 g/mol. The van der Waals surface area contributed by atoms with Gasteiger partial charge in [0.1, 0.15) is 11.7 Å². The average Bonchev–Trinajstić information content (AvgIpc) is 3.30. The van der Waals surface area contributed by atoms with Crippen LogP contribution in [0.3, 0.4) is 0 Å². The van der Waals surface area contributed by atoms with E-state index in [2.05, 4.69) is 13.8 Å². The van der Waals surface area contributed by atoms with Crippen molar-refractivity contribution in [3.63, 3.8) is 0 Å². The summed E-state index contributed by atoms with van der Waals surface area (Å²) in [5, 5.41) is 0. The van der Waals surface area contributed by atoms with Crippen molar-refractivity contribution in [2.24, 2.45) is 28.6 Å². The van der Waals surface area contributed by atoms with Gasteiger partial charge in [0.2, 0.25) is 0 Å². The lowest BCUT2D eigenvalue weighted by Gasteiger charge is -2.60. The molecule has 0 unspecified atom stereocenters. The number of esters is 1. The van der Waals surface area contributed by atoms with Crippen molar-refractivity contribution in [2.45, 2.75) is 96.4 Å². The Morgan fingerprint density at radius 2 is 1.64 bits per heavy atom. The van der Waals surface area contributed by atoms with Gasteiger partial charge in [-0.15, -0.1) is 0 Å². The molecule has 1 spiro atoms. The lowest BCUT2D eigenvalue weighted by Crippen LogP contribution is -2.61. The van der Waals surface area contributed by atoms with E-state index in [0.717, 1.165) is 38.5 Å². The minimum Gasteiger partial charge on any atom is -0.451 e. The summed E-state index contributed by atoms with van der Waals surface area (Å²) in [5.74, 6) is 1.37. The molecule has 0 aromatic carbocycles. The highest BCUT2D eigenvalue weighted by Crippen LogP contribution is 2.73. The van der Waals surface area contributed by atoms with Gasteiger partial charge in [-0.3, -0.25) is 14.4 Å². The summed E-state index contributed by atoms with van der Waals surface area (Å²) in [5.41, 5.74) is -1.42. The third kappa shape index (κ3) is 1.95. The normalized spacial score (nSPS) is 54.1. The quantitative estimate of drug-likeness (QED) is 0.534. The van der Waals surface area contributed by atoms with Gasteiger partial charge in [0.25, 0.3) is 0 Å². The Labute approximate surface area is 166 Å². The summed E-state index contributed by atoms with van der Waals surface area (Å²) < 4.78 is 12.0. The molecule has 0 aromatic rings. The first-order chi connectivity index (χ1) is 13.1. The molecule has 0 N–H and O–H groups in total. The molecular formula is C23H32O5. The zero-order valence-corrected chi connectivity index (χ0v) is 17.5. The van der Waals surface area contributed by atoms with Crippen LogP contribution in [-0.4, -0.2) is 34.8 Å². The van der Waals surface area contributed by atoms with Crippen LogP contribution >= 0.6 is 0 Å². The highest BCUT2D eigenvalue weighted by molar-refractivity contribution is 5.89. The number of carbonyl (C=O) groups excluding carboxylic acids is 3. The smallest absolute Gasteiger partial charge is 0.303 e. The average molecular weight is 389 g/mol. The summed E-state index contributed by atoms with van der Waals surface area (Å²) >= 11 is 0. The van der Waals surface area contributed by atoms with Crippen molar-refractivity contribution in [1.29, 1.82) is 0 Å². The third-order valence-corrected chi connectivity index (χ3v) is 9.96. The first kappa shape index (κ1) is 18.8. The number of rotatable bonds is 2. The molecule has 0 bridgehead atoms. The summed E-state index contributed by atoms with van der Waals surface area (Å²) in [7, 11) is 0. The van der Waals surface area contributed by atoms with Crippen LogP contribution in [0.4, 0.5) is 0 Å². The van der Waals surface area contributed by atoms with Gasteiger partial charge in [-0.25, -0.2) is 0 Å². The molecule has 5 aliphatic rings. The number of epoxide rings is 1. The molecule has 1 saturated heterocycles. The second kappa shape index (κ2) is 5.47. The van der Waals surface area contributed by atoms with E-state index in [1.807, 2.05) is 0 Å². The van der Waals surface area contributed by atoms with E-state index in [1.165, 1.54) is 6.92 Å². The Bertz CT molecular complexity index is 775. The molecule has 1 aliphatic heterocycles. The van der Waals surface area contributed by atoms with Crippen LogP contribution in [0.25, 0.3) is 0 Å². The van der Waals surface area contributed by atoms with Gasteiger partial charge < -0.3 is 9.47 Å². The molecule has 5 rings (SSSR count). The minimum absolute atomic E-state index is 0.00139. The Balaban J connectivity index is 1.50. The molecule has 8 atom stereocenters. The summed E-state index contributed by atoms with van der Waals surface area (Å²) in [6.07, 6.45) is 6.91. The Kier molecular flexibility index (Phi) is 3.67. The van der Waals surface area contributed by atoms with Gasteiger partial charge in [-0.2, -0.15) is 0 Å². The first-order valence-corrected chi connectivity index (χ1v) is 11.0. The minimum atomic E-state index is -0.967. The molecule has 154 valence electrons. The van der Waals surface area contributed by atoms with Crippen molar-refractivity contribution in [3.8, 4) is 0 Å². The summed E-state index contributed by atoms with van der Waals surface area (Å²) in [6.45, 7) is 7.56. The molecule has 5 heteroatoms. The highest BCUT2D eigenvalue weighted by atomic mass is 16.6. The number of fused-ring (bicyclic) bond motifs is 4. The van der Waals surface area contributed by atoms with Gasteiger partial charge in [-0.1, -0.05) is 13.8 Å². The molecule has 0 aromatic heterocycles. The standard InChI is InChI=1S/C23H32O5/c1-13(24)22(27-14(2)25)12-7-17-15-5-11-23-19(28-23)18(26)8-10-21(23,4)16(15)6-9-20(17,22)3/h15-17,19H,5-12H2,1-4H3/t15-,16+,17+,19-,20+,21-,22+,23-/m1/s1. The molecule has 5 nitrogen and oxygen atoms in total. The topological polar surface area (TPSA) is 73.0 Å². The van der Waals surface area contributed by atoms with Gasteiger partial charge in [-0.05, 0) is 69.6 Å².